The van der Waals surface area contributed by atoms with Gasteiger partial charge < -0.3 is 18.8 Å². The molecule has 1 saturated heterocycles. The van der Waals surface area contributed by atoms with Crippen LogP contribution in [0, 0.1) is 0 Å². The summed E-state index contributed by atoms with van der Waals surface area (Å²) in [5.74, 6) is 0.725. The first-order chi connectivity index (χ1) is 14.3. The molecule has 1 amide bonds. The van der Waals surface area contributed by atoms with E-state index in [0.29, 0.717) is 32.5 Å². The standard InChI is InChI=1S/C19H28N6O4S/c1-4-23(5-2)17(26)15-12-24-11-8-20-18(24)19(29-15)6-9-25(10-7-19)30(27,28)16-13-22(3)14-21-16/h8,11,13-15H,4-7,9-10,12H2,1-3H3. The van der Waals surface area contributed by atoms with Crippen molar-refractivity contribution >= 4 is 15.9 Å². The molecule has 2 aromatic rings. The molecular formula is C19H28N6O4S. The van der Waals surface area contributed by atoms with E-state index in [1.54, 1.807) is 22.7 Å². The highest BCUT2D eigenvalue weighted by Gasteiger charge is 2.49. The molecule has 4 heterocycles. The van der Waals surface area contributed by atoms with Gasteiger partial charge >= 0.3 is 0 Å². The summed E-state index contributed by atoms with van der Waals surface area (Å²) < 4.78 is 37.3. The van der Waals surface area contributed by atoms with Crippen molar-refractivity contribution in [2.75, 3.05) is 26.2 Å². The van der Waals surface area contributed by atoms with E-state index >= 15 is 0 Å². The van der Waals surface area contributed by atoms with Gasteiger partial charge in [0, 0.05) is 51.8 Å². The van der Waals surface area contributed by atoms with Crippen molar-refractivity contribution < 1.29 is 17.9 Å². The molecular weight excluding hydrogens is 408 g/mol. The molecule has 4 rings (SSSR count). The summed E-state index contributed by atoms with van der Waals surface area (Å²) in [5.41, 5.74) is -0.772. The summed E-state index contributed by atoms with van der Waals surface area (Å²) >= 11 is 0. The summed E-state index contributed by atoms with van der Waals surface area (Å²) in [6, 6.07) is 0. The topological polar surface area (TPSA) is 103 Å². The van der Waals surface area contributed by atoms with Gasteiger partial charge in [-0.05, 0) is 26.7 Å². The number of imidazole rings is 2. The molecule has 1 unspecified atom stereocenters. The van der Waals surface area contributed by atoms with Crippen LogP contribution >= 0.6 is 0 Å². The number of amides is 1. The SMILES string of the molecule is CCN(CC)C(=O)C1Cn2ccnc2C2(CCN(S(=O)(=O)c3cn(C)cn3)CC2)O1. The lowest BCUT2D eigenvalue weighted by molar-refractivity contribution is -0.178. The number of sulfonamides is 1. The number of carbonyl (C=O) groups is 1. The number of hydrogen-bond acceptors (Lipinski definition) is 6. The molecule has 1 spiro atoms. The molecule has 0 N–H and O–H groups in total. The third kappa shape index (κ3) is 3.44. The van der Waals surface area contributed by atoms with Gasteiger partial charge in [0.05, 0.1) is 12.9 Å². The number of ether oxygens (including phenoxy) is 1. The zero-order valence-corrected chi connectivity index (χ0v) is 18.4. The van der Waals surface area contributed by atoms with Gasteiger partial charge in [0.2, 0.25) is 0 Å². The number of fused-ring (bicyclic) bond motifs is 2. The molecule has 30 heavy (non-hydrogen) atoms. The van der Waals surface area contributed by atoms with Gasteiger partial charge in [-0.1, -0.05) is 0 Å². The Labute approximate surface area is 176 Å². The maximum absolute atomic E-state index is 13.0. The Hall–Kier alpha value is -2.24. The van der Waals surface area contributed by atoms with E-state index < -0.39 is 21.7 Å². The Kier molecular flexibility index (Phi) is 5.45. The van der Waals surface area contributed by atoms with Crippen molar-refractivity contribution in [2.45, 2.75) is 50.0 Å². The predicted molar refractivity (Wildman–Crippen MR) is 108 cm³/mol. The van der Waals surface area contributed by atoms with Crippen LogP contribution < -0.4 is 0 Å². The highest BCUT2D eigenvalue weighted by molar-refractivity contribution is 7.89. The third-order valence-corrected chi connectivity index (χ3v) is 7.80. The lowest BCUT2D eigenvalue weighted by Gasteiger charge is -2.45. The minimum absolute atomic E-state index is 0.0396. The fourth-order valence-electron chi connectivity index (χ4n) is 4.35. The second-order valence-corrected chi connectivity index (χ2v) is 9.68. The molecule has 164 valence electrons. The lowest BCUT2D eigenvalue weighted by atomic mass is 9.89. The first-order valence-electron chi connectivity index (χ1n) is 10.3. The van der Waals surface area contributed by atoms with E-state index in [1.165, 1.54) is 16.8 Å². The minimum Gasteiger partial charge on any atom is -0.352 e. The van der Waals surface area contributed by atoms with Crippen LogP contribution in [-0.2, 0) is 38.7 Å². The first-order valence-corrected chi connectivity index (χ1v) is 11.7. The molecule has 0 aromatic carbocycles. The largest absolute Gasteiger partial charge is 0.352 e. The van der Waals surface area contributed by atoms with E-state index in [2.05, 4.69) is 9.97 Å². The summed E-state index contributed by atoms with van der Waals surface area (Å²) in [6.07, 6.45) is 6.80. The number of piperidine rings is 1. The van der Waals surface area contributed by atoms with Gasteiger partial charge in [-0.2, -0.15) is 4.31 Å². The maximum atomic E-state index is 13.0. The fourth-order valence-corrected chi connectivity index (χ4v) is 5.76. The number of aromatic nitrogens is 4. The van der Waals surface area contributed by atoms with Crippen LogP contribution in [0.15, 0.2) is 29.9 Å². The minimum atomic E-state index is -3.67. The predicted octanol–water partition coefficient (Wildman–Crippen LogP) is 0.564. The number of nitrogens with zero attached hydrogens (tertiary/aromatic N) is 6. The van der Waals surface area contributed by atoms with E-state index in [4.69, 9.17) is 4.74 Å². The smallest absolute Gasteiger partial charge is 0.262 e. The normalized spacial score (nSPS) is 21.5. The molecule has 0 bridgehead atoms. The van der Waals surface area contributed by atoms with Crippen LogP contribution in [0.4, 0.5) is 0 Å². The Balaban J connectivity index is 1.57. The van der Waals surface area contributed by atoms with Crippen LogP contribution in [0.2, 0.25) is 0 Å². The zero-order valence-electron chi connectivity index (χ0n) is 17.6. The van der Waals surface area contributed by atoms with Gasteiger partial charge in [-0.25, -0.2) is 18.4 Å². The molecule has 1 atom stereocenters. The number of rotatable bonds is 5. The molecule has 2 aliphatic rings. The van der Waals surface area contributed by atoms with Crippen molar-refractivity contribution in [1.29, 1.82) is 0 Å². The average Bonchev–Trinajstić information content (AvgIpc) is 3.39. The van der Waals surface area contributed by atoms with Crippen LogP contribution in [0.5, 0.6) is 0 Å². The number of hydrogen-bond donors (Lipinski definition) is 0. The van der Waals surface area contributed by atoms with E-state index in [-0.39, 0.29) is 24.0 Å². The molecule has 2 aromatic heterocycles. The van der Waals surface area contributed by atoms with E-state index in [1.807, 2.05) is 24.6 Å². The number of carbonyl (C=O) groups excluding carboxylic acids is 1. The highest BCUT2D eigenvalue weighted by atomic mass is 32.2. The van der Waals surface area contributed by atoms with Crippen LogP contribution in [0.3, 0.4) is 0 Å². The molecule has 0 aliphatic carbocycles. The summed E-state index contributed by atoms with van der Waals surface area (Å²) in [7, 11) is -1.93. The Morgan fingerprint density at radius 1 is 1.27 bits per heavy atom. The first kappa shape index (κ1) is 21.0. The van der Waals surface area contributed by atoms with Crippen molar-refractivity contribution in [3.63, 3.8) is 0 Å². The van der Waals surface area contributed by atoms with Crippen LogP contribution in [0.25, 0.3) is 0 Å². The van der Waals surface area contributed by atoms with Crippen LogP contribution in [-0.4, -0.2) is 74.9 Å². The fraction of sp³-hybridized carbons (Fsp3) is 0.632. The molecule has 0 radical (unpaired) electrons. The van der Waals surface area contributed by atoms with Crippen molar-refractivity contribution in [3.05, 3.63) is 30.7 Å². The maximum Gasteiger partial charge on any atom is 0.262 e. The second kappa shape index (κ2) is 7.78. The molecule has 11 heteroatoms. The van der Waals surface area contributed by atoms with E-state index in [0.717, 1.165) is 5.82 Å². The van der Waals surface area contributed by atoms with Gasteiger partial charge in [0.25, 0.3) is 15.9 Å². The van der Waals surface area contributed by atoms with Crippen molar-refractivity contribution in [2.24, 2.45) is 7.05 Å². The van der Waals surface area contributed by atoms with Crippen LogP contribution in [0.1, 0.15) is 32.5 Å². The molecule has 1 fully saturated rings. The quantitative estimate of drug-likeness (QED) is 0.679. The Morgan fingerprint density at radius 2 is 1.97 bits per heavy atom. The molecule has 10 nitrogen and oxygen atoms in total. The second-order valence-electron chi connectivity index (χ2n) is 7.80. The number of aryl methyl sites for hydroxylation is 1. The van der Waals surface area contributed by atoms with Gasteiger partial charge in [-0.3, -0.25) is 4.79 Å². The average molecular weight is 437 g/mol. The third-order valence-electron chi connectivity index (χ3n) is 6.02. The van der Waals surface area contributed by atoms with E-state index in [9.17, 15) is 13.2 Å². The molecule has 0 saturated carbocycles. The summed E-state index contributed by atoms with van der Waals surface area (Å²) in [5, 5.41) is 0.0431. The van der Waals surface area contributed by atoms with Gasteiger partial charge in [-0.15, -0.1) is 0 Å². The van der Waals surface area contributed by atoms with Gasteiger partial charge in [0.1, 0.15) is 11.4 Å². The Morgan fingerprint density at radius 3 is 2.57 bits per heavy atom. The van der Waals surface area contributed by atoms with Gasteiger partial charge in [0.15, 0.2) is 11.1 Å². The summed E-state index contributed by atoms with van der Waals surface area (Å²) in [6.45, 7) is 6.11. The monoisotopic (exact) mass is 436 g/mol. The molecule has 2 aliphatic heterocycles. The number of likely N-dealkylation sites (N-methyl/N-ethyl adjacent to an activating group) is 1. The van der Waals surface area contributed by atoms with Crippen molar-refractivity contribution in [1.82, 2.24) is 28.3 Å². The summed E-state index contributed by atoms with van der Waals surface area (Å²) in [4.78, 5) is 23.2. The lowest BCUT2D eigenvalue weighted by Crippen LogP contribution is -2.55. The Bertz CT molecular complexity index is 1020. The zero-order chi connectivity index (χ0) is 21.5. The highest BCUT2D eigenvalue weighted by Crippen LogP contribution is 2.41. The van der Waals surface area contributed by atoms with Crippen molar-refractivity contribution in [3.8, 4) is 0 Å².